The summed E-state index contributed by atoms with van der Waals surface area (Å²) < 4.78 is 23.0. The van der Waals surface area contributed by atoms with Crippen molar-refractivity contribution in [2.45, 2.75) is 25.9 Å². The molecule has 1 amide bonds. The molecule has 3 rings (SSSR count). The van der Waals surface area contributed by atoms with Gasteiger partial charge in [0.15, 0.2) is 9.84 Å². The third-order valence-electron chi connectivity index (χ3n) is 4.36. The summed E-state index contributed by atoms with van der Waals surface area (Å²) in [5.41, 5.74) is 1.36. The number of aromatic nitrogens is 2. The summed E-state index contributed by atoms with van der Waals surface area (Å²) in [6, 6.07) is 9.71. The van der Waals surface area contributed by atoms with Crippen molar-refractivity contribution < 1.29 is 13.2 Å². The van der Waals surface area contributed by atoms with Crippen LogP contribution in [0.2, 0.25) is 0 Å². The highest BCUT2D eigenvalue weighted by molar-refractivity contribution is 7.91. The van der Waals surface area contributed by atoms with Gasteiger partial charge in [-0.25, -0.2) is 18.4 Å². The lowest BCUT2D eigenvalue weighted by Gasteiger charge is -2.21. The number of anilines is 1. The van der Waals surface area contributed by atoms with Gasteiger partial charge in [0.2, 0.25) is 0 Å². The number of carbonyl (C=O) groups is 1. The van der Waals surface area contributed by atoms with Gasteiger partial charge in [0.05, 0.1) is 23.9 Å². The molecule has 26 heavy (non-hydrogen) atoms. The number of nitrogens with one attached hydrogen (secondary N) is 1. The highest BCUT2D eigenvalue weighted by Crippen LogP contribution is 2.14. The lowest BCUT2D eigenvalue weighted by molar-refractivity contribution is 0.0935. The van der Waals surface area contributed by atoms with E-state index in [1.807, 2.05) is 37.3 Å². The van der Waals surface area contributed by atoms with Gasteiger partial charge in [0, 0.05) is 19.1 Å². The lowest BCUT2D eigenvalue weighted by Crippen LogP contribution is -2.36. The maximum Gasteiger partial charge on any atom is 0.271 e. The first kappa shape index (κ1) is 18.3. The summed E-state index contributed by atoms with van der Waals surface area (Å²) in [4.78, 5) is 22.9. The van der Waals surface area contributed by atoms with Crippen LogP contribution in [0.5, 0.6) is 0 Å². The van der Waals surface area contributed by atoms with Crippen LogP contribution in [-0.4, -0.2) is 48.4 Å². The van der Waals surface area contributed by atoms with E-state index in [1.54, 1.807) is 6.20 Å². The predicted molar refractivity (Wildman–Crippen MR) is 99.7 cm³/mol. The van der Waals surface area contributed by atoms with E-state index in [4.69, 9.17) is 0 Å². The summed E-state index contributed by atoms with van der Waals surface area (Å²) in [5, 5.41) is 2.72. The van der Waals surface area contributed by atoms with Crippen LogP contribution < -0.4 is 10.2 Å². The van der Waals surface area contributed by atoms with Gasteiger partial charge in [-0.1, -0.05) is 30.3 Å². The van der Waals surface area contributed by atoms with Crippen LogP contribution in [-0.2, 0) is 16.4 Å². The topological polar surface area (TPSA) is 92.3 Å². The number of hydrogen-bond acceptors (Lipinski definition) is 6. The third-order valence-corrected chi connectivity index (χ3v) is 6.13. The second kappa shape index (κ2) is 7.82. The number of carbonyl (C=O) groups excluding carboxylic acids is 1. The van der Waals surface area contributed by atoms with E-state index in [0.717, 1.165) is 6.54 Å². The quantitative estimate of drug-likeness (QED) is 0.822. The minimum atomic E-state index is -3.03. The molecule has 1 aromatic heterocycles. The molecule has 8 heteroatoms. The highest BCUT2D eigenvalue weighted by Gasteiger charge is 2.29. The summed E-state index contributed by atoms with van der Waals surface area (Å²) in [6.07, 6.45) is 3.45. The van der Waals surface area contributed by atoms with Gasteiger partial charge in [-0.2, -0.15) is 0 Å². The molecule has 1 aliphatic heterocycles. The molecule has 1 fully saturated rings. The molecule has 0 spiro atoms. The second-order valence-electron chi connectivity index (χ2n) is 6.33. The van der Waals surface area contributed by atoms with E-state index < -0.39 is 15.7 Å². The second-order valence-corrected chi connectivity index (χ2v) is 8.56. The molecule has 1 aromatic carbocycles. The smallest absolute Gasteiger partial charge is 0.271 e. The highest BCUT2D eigenvalue weighted by atomic mass is 32.2. The molecule has 2 aromatic rings. The van der Waals surface area contributed by atoms with Crippen LogP contribution in [0.4, 0.5) is 5.82 Å². The summed E-state index contributed by atoms with van der Waals surface area (Å²) in [7, 11) is -3.03. The zero-order chi connectivity index (χ0) is 18.6. The minimum absolute atomic E-state index is 0.00899. The molecule has 0 radical (unpaired) electrons. The average Bonchev–Trinajstić information content (AvgIpc) is 2.99. The Morgan fingerprint density at radius 2 is 2.00 bits per heavy atom. The number of benzene rings is 1. The first-order valence-corrected chi connectivity index (χ1v) is 10.4. The molecule has 1 atom stereocenters. The van der Waals surface area contributed by atoms with Crippen molar-refractivity contribution in [3.05, 3.63) is 54.0 Å². The predicted octanol–water partition coefficient (Wildman–Crippen LogP) is 1.42. The normalized spacial score (nSPS) is 18.4. The maximum atomic E-state index is 12.2. The zero-order valence-corrected chi connectivity index (χ0v) is 15.4. The van der Waals surface area contributed by atoms with E-state index in [-0.39, 0.29) is 23.2 Å². The number of amides is 1. The Morgan fingerprint density at radius 3 is 2.58 bits per heavy atom. The van der Waals surface area contributed by atoms with Crippen LogP contribution in [0, 0.1) is 0 Å². The first-order valence-electron chi connectivity index (χ1n) is 8.59. The van der Waals surface area contributed by atoms with E-state index >= 15 is 0 Å². The molecule has 2 heterocycles. The fourth-order valence-corrected chi connectivity index (χ4v) is 4.60. The van der Waals surface area contributed by atoms with Gasteiger partial charge in [0.1, 0.15) is 11.5 Å². The van der Waals surface area contributed by atoms with E-state index in [0.29, 0.717) is 18.8 Å². The lowest BCUT2D eigenvalue weighted by atomic mass is 10.2. The van der Waals surface area contributed by atoms with Crippen molar-refractivity contribution in [3.63, 3.8) is 0 Å². The number of sulfone groups is 1. The van der Waals surface area contributed by atoms with Gasteiger partial charge in [0.25, 0.3) is 5.91 Å². The summed E-state index contributed by atoms with van der Waals surface area (Å²) in [5.74, 6) is 0.409. The first-order chi connectivity index (χ1) is 12.5. The molecule has 138 valence electrons. The standard InChI is InChI=1S/C18H22N4O3S/c1-2-22(12-14-6-4-3-5-7-14)17-11-19-16(10-20-17)18(23)21-15-8-9-26(24,25)13-15/h3-7,10-11,15H,2,8-9,12-13H2,1H3,(H,21,23). The number of hydrogen-bond donors (Lipinski definition) is 1. The fraction of sp³-hybridized carbons (Fsp3) is 0.389. The van der Waals surface area contributed by atoms with Crippen molar-refractivity contribution in [1.82, 2.24) is 15.3 Å². The summed E-state index contributed by atoms with van der Waals surface area (Å²) in [6.45, 7) is 3.50. The largest absolute Gasteiger partial charge is 0.351 e. The van der Waals surface area contributed by atoms with E-state index in [1.165, 1.54) is 11.8 Å². The fourth-order valence-electron chi connectivity index (χ4n) is 2.93. The van der Waals surface area contributed by atoms with Crippen molar-refractivity contribution in [2.24, 2.45) is 0 Å². The van der Waals surface area contributed by atoms with Gasteiger partial charge in [-0.15, -0.1) is 0 Å². The Morgan fingerprint density at radius 1 is 1.23 bits per heavy atom. The van der Waals surface area contributed by atoms with Crippen LogP contribution in [0.25, 0.3) is 0 Å². The molecular formula is C18H22N4O3S. The molecule has 1 unspecified atom stereocenters. The molecule has 7 nitrogen and oxygen atoms in total. The number of rotatable bonds is 6. The maximum absolute atomic E-state index is 12.2. The Bertz CT molecular complexity index is 854. The SMILES string of the molecule is CCN(Cc1ccccc1)c1cnc(C(=O)NC2CCS(=O)(=O)C2)cn1. The molecule has 0 saturated carbocycles. The Labute approximate surface area is 153 Å². The Kier molecular flexibility index (Phi) is 5.51. The van der Waals surface area contributed by atoms with Crippen LogP contribution in [0.1, 0.15) is 29.4 Å². The molecule has 0 bridgehead atoms. The van der Waals surface area contributed by atoms with Crippen LogP contribution >= 0.6 is 0 Å². The average molecular weight is 374 g/mol. The molecule has 1 aliphatic rings. The van der Waals surface area contributed by atoms with Crippen LogP contribution in [0.15, 0.2) is 42.7 Å². The van der Waals surface area contributed by atoms with Crippen molar-refractivity contribution in [3.8, 4) is 0 Å². The van der Waals surface area contributed by atoms with E-state index in [2.05, 4.69) is 20.2 Å². The van der Waals surface area contributed by atoms with Gasteiger partial charge in [-0.05, 0) is 18.9 Å². The third kappa shape index (κ3) is 4.57. The van der Waals surface area contributed by atoms with Crippen molar-refractivity contribution >= 4 is 21.6 Å². The van der Waals surface area contributed by atoms with Crippen molar-refractivity contribution in [1.29, 1.82) is 0 Å². The molecular weight excluding hydrogens is 352 g/mol. The van der Waals surface area contributed by atoms with Gasteiger partial charge >= 0.3 is 0 Å². The number of nitrogens with zero attached hydrogens (tertiary/aromatic N) is 3. The van der Waals surface area contributed by atoms with Crippen LogP contribution in [0.3, 0.4) is 0 Å². The van der Waals surface area contributed by atoms with Gasteiger partial charge in [-0.3, -0.25) is 4.79 Å². The van der Waals surface area contributed by atoms with E-state index in [9.17, 15) is 13.2 Å². The van der Waals surface area contributed by atoms with Gasteiger partial charge < -0.3 is 10.2 Å². The summed E-state index contributed by atoms with van der Waals surface area (Å²) >= 11 is 0. The minimum Gasteiger partial charge on any atom is -0.351 e. The molecule has 1 N–H and O–H groups in total. The molecule has 1 saturated heterocycles. The zero-order valence-electron chi connectivity index (χ0n) is 14.6. The Balaban J connectivity index is 1.64. The molecule has 0 aliphatic carbocycles. The van der Waals surface area contributed by atoms with Crippen molar-refractivity contribution in [2.75, 3.05) is 23.0 Å². The Hall–Kier alpha value is -2.48. The monoisotopic (exact) mass is 374 g/mol.